The maximum atomic E-state index is 12.1. The summed E-state index contributed by atoms with van der Waals surface area (Å²) in [5.41, 5.74) is 0.947. The highest BCUT2D eigenvalue weighted by Gasteiger charge is 2.19. The molecule has 1 rings (SSSR count). The Morgan fingerprint density at radius 2 is 1.82 bits per heavy atom. The van der Waals surface area contributed by atoms with Gasteiger partial charge in [0.2, 0.25) is 11.8 Å². The molecule has 0 aliphatic carbocycles. The zero-order valence-electron chi connectivity index (χ0n) is 13.5. The third-order valence-corrected chi connectivity index (χ3v) is 3.29. The van der Waals surface area contributed by atoms with E-state index < -0.39 is 6.04 Å². The maximum Gasteiger partial charge on any atom is 0.242 e. The number of amides is 2. The summed E-state index contributed by atoms with van der Waals surface area (Å²) in [7, 11) is 0. The van der Waals surface area contributed by atoms with Crippen LogP contribution >= 0.6 is 0 Å². The van der Waals surface area contributed by atoms with Gasteiger partial charge in [0.1, 0.15) is 6.04 Å². The van der Waals surface area contributed by atoms with Gasteiger partial charge in [0.15, 0.2) is 0 Å². The van der Waals surface area contributed by atoms with Gasteiger partial charge in [-0.3, -0.25) is 9.59 Å². The molecule has 0 heterocycles. The highest BCUT2D eigenvalue weighted by atomic mass is 16.2. The van der Waals surface area contributed by atoms with Crippen LogP contribution in [0, 0.1) is 0 Å². The number of carbonyl (C=O) groups is 2. The molecule has 0 radical (unpaired) electrons. The van der Waals surface area contributed by atoms with Gasteiger partial charge < -0.3 is 16.0 Å². The standard InChI is InChI=1S/C17H27N3O2/c1-3-8-15(17(22)19-12-11-18-4-2)20-16(21)13-14-9-6-5-7-10-14/h5-7,9-10,15,18H,3-4,8,11-13H2,1-2H3,(H,19,22)(H,20,21). The van der Waals surface area contributed by atoms with Crippen LogP contribution < -0.4 is 16.0 Å². The molecule has 22 heavy (non-hydrogen) atoms. The van der Waals surface area contributed by atoms with Crippen LogP contribution in [0.25, 0.3) is 0 Å². The second kappa shape index (κ2) is 10.8. The van der Waals surface area contributed by atoms with E-state index in [1.54, 1.807) is 0 Å². The van der Waals surface area contributed by atoms with Crippen molar-refractivity contribution in [1.29, 1.82) is 0 Å². The molecule has 0 saturated carbocycles. The highest BCUT2D eigenvalue weighted by Crippen LogP contribution is 2.02. The van der Waals surface area contributed by atoms with Crippen LogP contribution in [0.2, 0.25) is 0 Å². The van der Waals surface area contributed by atoms with E-state index >= 15 is 0 Å². The second-order valence-electron chi connectivity index (χ2n) is 5.22. The molecule has 1 aromatic rings. The average molecular weight is 305 g/mol. The lowest BCUT2D eigenvalue weighted by atomic mass is 10.1. The molecule has 5 nitrogen and oxygen atoms in total. The van der Waals surface area contributed by atoms with Crippen molar-refractivity contribution in [3.63, 3.8) is 0 Å². The van der Waals surface area contributed by atoms with Crippen molar-refractivity contribution in [2.45, 2.75) is 39.2 Å². The van der Waals surface area contributed by atoms with Crippen LogP contribution in [0.15, 0.2) is 30.3 Å². The molecule has 0 aromatic heterocycles. The molecule has 0 fully saturated rings. The number of nitrogens with one attached hydrogen (secondary N) is 3. The lowest BCUT2D eigenvalue weighted by Gasteiger charge is -2.18. The molecule has 1 aromatic carbocycles. The summed E-state index contributed by atoms with van der Waals surface area (Å²) >= 11 is 0. The van der Waals surface area contributed by atoms with Gasteiger partial charge in [-0.2, -0.15) is 0 Å². The maximum absolute atomic E-state index is 12.1. The van der Waals surface area contributed by atoms with Crippen LogP contribution in [0.5, 0.6) is 0 Å². The van der Waals surface area contributed by atoms with Crippen LogP contribution in [0.4, 0.5) is 0 Å². The zero-order valence-corrected chi connectivity index (χ0v) is 13.5. The van der Waals surface area contributed by atoms with Gasteiger partial charge in [0.05, 0.1) is 6.42 Å². The van der Waals surface area contributed by atoms with Crippen molar-refractivity contribution in [2.24, 2.45) is 0 Å². The molecule has 2 amide bonds. The lowest BCUT2D eigenvalue weighted by molar-refractivity contribution is -0.128. The third kappa shape index (κ3) is 7.22. The van der Waals surface area contributed by atoms with Gasteiger partial charge in [-0.1, -0.05) is 50.6 Å². The smallest absolute Gasteiger partial charge is 0.242 e. The molecule has 0 aliphatic rings. The fourth-order valence-electron chi connectivity index (χ4n) is 2.16. The first-order chi connectivity index (χ1) is 10.7. The van der Waals surface area contributed by atoms with Gasteiger partial charge in [0.25, 0.3) is 0 Å². The molecule has 0 saturated heterocycles. The Labute approximate surface area is 132 Å². The minimum absolute atomic E-state index is 0.110. The summed E-state index contributed by atoms with van der Waals surface area (Å²) in [5.74, 6) is -0.229. The molecule has 3 N–H and O–H groups in total. The van der Waals surface area contributed by atoms with E-state index in [4.69, 9.17) is 0 Å². The number of benzene rings is 1. The Hall–Kier alpha value is -1.88. The monoisotopic (exact) mass is 305 g/mol. The van der Waals surface area contributed by atoms with Gasteiger partial charge in [-0.25, -0.2) is 0 Å². The molecular formula is C17H27N3O2. The van der Waals surface area contributed by atoms with Crippen molar-refractivity contribution in [1.82, 2.24) is 16.0 Å². The van der Waals surface area contributed by atoms with Crippen molar-refractivity contribution >= 4 is 11.8 Å². The van der Waals surface area contributed by atoms with E-state index in [1.165, 1.54) is 0 Å². The minimum Gasteiger partial charge on any atom is -0.353 e. The van der Waals surface area contributed by atoms with Gasteiger partial charge >= 0.3 is 0 Å². The summed E-state index contributed by atoms with van der Waals surface area (Å²) in [5, 5.41) is 8.84. The highest BCUT2D eigenvalue weighted by molar-refractivity contribution is 5.88. The normalized spacial score (nSPS) is 11.7. The van der Waals surface area contributed by atoms with Crippen molar-refractivity contribution in [3.8, 4) is 0 Å². The molecule has 0 spiro atoms. The van der Waals surface area contributed by atoms with Gasteiger partial charge in [0, 0.05) is 13.1 Å². The largest absolute Gasteiger partial charge is 0.353 e. The Kier molecular flexibility index (Phi) is 8.91. The molecule has 5 heteroatoms. The molecule has 0 aliphatic heterocycles. The van der Waals surface area contributed by atoms with E-state index in [0.29, 0.717) is 19.4 Å². The fourth-order valence-corrected chi connectivity index (χ4v) is 2.16. The third-order valence-electron chi connectivity index (χ3n) is 3.29. The molecule has 122 valence electrons. The second-order valence-corrected chi connectivity index (χ2v) is 5.22. The van der Waals surface area contributed by atoms with E-state index in [9.17, 15) is 9.59 Å². The van der Waals surface area contributed by atoms with Gasteiger partial charge in [-0.05, 0) is 18.5 Å². The Balaban J connectivity index is 2.44. The zero-order chi connectivity index (χ0) is 16.2. The van der Waals surface area contributed by atoms with Gasteiger partial charge in [-0.15, -0.1) is 0 Å². The first kappa shape index (κ1) is 18.2. The summed E-state index contributed by atoms with van der Waals surface area (Å²) in [6.07, 6.45) is 1.79. The topological polar surface area (TPSA) is 70.2 Å². The average Bonchev–Trinajstić information content (AvgIpc) is 2.52. The van der Waals surface area contributed by atoms with Crippen molar-refractivity contribution in [2.75, 3.05) is 19.6 Å². The summed E-state index contributed by atoms with van der Waals surface area (Å²) in [6.45, 7) is 6.20. The number of carbonyl (C=O) groups excluding carboxylic acids is 2. The number of hydrogen-bond donors (Lipinski definition) is 3. The van der Waals surface area contributed by atoms with Crippen LogP contribution in [0.3, 0.4) is 0 Å². The molecule has 1 unspecified atom stereocenters. The van der Waals surface area contributed by atoms with E-state index in [1.807, 2.05) is 44.2 Å². The number of hydrogen-bond acceptors (Lipinski definition) is 3. The van der Waals surface area contributed by atoms with E-state index in [2.05, 4.69) is 16.0 Å². The number of likely N-dealkylation sites (N-methyl/N-ethyl adjacent to an activating group) is 1. The Morgan fingerprint density at radius 3 is 2.45 bits per heavy atom. The lowest BCUT2D eigenvalue weighted by Crippen LogP contribution is -2.48. The molecular weight excluding hydrogens is 278 g/mol. The minimum atomic E-state index is -0.456. The first-order valence-electron chi connectivity index (χ1n) is 7.99. The van der Waals surface area contributed by atoms with Crippen LogP contribution in [-0.2, 0) is 16.0 Å². The summed E-state index contributed by atoms with van der Waals surface area (Å²) < 4.78 is 0. The quantitative estimate of drug-likeness (QED) is 0.570. The Morgan fingerprint density at radius 1 is 1.09 bits per heavy atom. The fraction of sp³-hybridized carbons (Fsp3) is 0.529. The predicted octanol–water partition coefficient (Wildman–Crippen LogP) is 1.24. The van der Waals surface area contributed by atoms with E-state index in [-0.39, 0.29) is 11.8 Å². The van der Waals surface area contributed by atoms with Crippen molar-refractivity contribution in [3.05, 3.63) is 35.9 Å². The van der Waals surface area contributed by atoms with E-state index in [0.717, 1.165) is 25.1 Å². The SMILES string of the molecule is CCCC(NC(=O)Cc1ccccc1)C(=O)NCCNCC. The first-order valence-corrected chi connectivity index (χ1v) is 7.99. The predicted molar refractivity (Wildman–Crippen MR) is 88.5 cm³/mol. The summed E-state index contributed by atoms with van der Waals surface area (Å²) in [4.78, 5) is 24.2. The van der Waals surface area contributed by atoms with Crippen LogP contribution in [-0.4, -0.2) is 37.5 Å². The molecule has 0 bridgehead atoms. The summed E-state index contributed by atoms with van der Waals surface area (Å²) in [6, 6.07) is 9.08. The molecule has 1 atom stereocenters. The Bertz CT molecular complexity index is 448. The van der Waals surface area contributed by atoms with Crippen LogP contribution in [0.1, 0.15) is 32.3 Å². The van der Waals surface area contributed by atoms with Crippen molar-refractivity contribution < 1.29 is 9.59 Å². The number of rotatable bonds is 10.